The monoisotopic (exact) mass is 696 g/mol. The summed E-state index contributed by atoms with van der Waals surface area (Å²) in [5.41, 5.74) is 5.00. The normalized spacial score (nSPS) is 18.0. The van der Waals surface area contributed by atoms with Crippen LogP contribution in [0.2, 0.25) is 19.6 Å². The molecule has 2 fully saturated rings. The number of hydrogen-bond donors (Lipinski definition) is 0. The lowest BCUT2D eigenvalue weighted by molar-refractivity contribution is -0.0370. The lowest BCUT2D eigenvalue weighted by Gasteiger charge is -2.23. The van der Waals surface area contributed by atoms with Crippen molar-refractivity contribution in [1.82, 2.24) is 19.6 Å². The van der Waals surface area contributed by atoms with Crippen LogP contribution < -0.4 is 0 Å². The zero-order valence-corrected chi connectivity index (χ0v) is 29.5. The molecule has 0 bridgehead atoms. The lowest BCUT2D eigenvalue weighted by Crippen LogP contribution is -2.19. The fraction of sp³-hybridized carbons (Fsp3) is 0.486. The van der Waals surface area contributed by atoms with Gasteiger partial charge < -0.3 is 9.47 Å². The average Bonchev–Trinajstić information content (AvgIpc) is 3.65. The summed E-state index contributed by atoms with van der Waals surface area (Å²) in [6.07, 6.45) is 11.0. The molecular weight excluding hydrogens is 654 g/mol. The van der Waals surface area contributed by atoms with Crippen molar-refractivity contribution in [3.63, 3.8) is 0 Å². The Morgan fingerprint density at radius 2 is 1.33 bits per heavy atom. The molecule has 2 aliphatic heterocycles. The number of ether oxygens (including phenoxy) is 2. The number of halogens is 3. The van der Waals surface area contributed by atoms with Gasteiger partial charge in [0.15, 0.2) is 12.5 Å². The maximum absolute atomic E-state index is 14.3. The molecule has 0 aliphatic carbocycles. The van der Waals surface area contributed by atoms with E-state index in [4.69, 9.17) is 9.47 Å². The molecular formula is C35H43BrF2N4O2Si. The van der Waals surface area contributed by atoms with Gasteiger partial charge in [0.2, 0.25) is 0 Å². The molecule has 6 nitrogen and oxygen atoms in total. The molecule has 0 radical (unpaired) electrons. The maximum atomic E-state index is 14.3. The summed E-state index contributed by atoms with van der Waals surface area (Å²) in [6.45, 7) is 12.3. The van der Waals surface area contributed by atoms with E-state index in [2.05, 4.69) is 76.0 Å². The Morgan fingerprint density at radius 3 is 1.80 bits per heavy atom. The molecule has 2 aromatic carbocycles. The number of aromatic nitrogens is 4. The van der Waals surface area contributed by atoms with Gasteiger partial charge in [0.05, 0.1) is 12.4 Å². The van der Waals surface area contributed by atoms with E-state index in [0.29, 0.717) is 23.2 Å². The van der Waals surface area contributed by atoms with Gasteiger partial charge in [-0.25, -0.2) is 18.1 Å². The first-order valence-corrected chi connectivity index (χ1v) is 20.1. The van der Waals surface area contributed by atoms with E-state index >= 15 is 0 Å². The summed E-state index contributed by atoms with van der Waals surface area (Å²) in [4.78, 5) is 0. The second-order valence-electron chi connectivity index (χ2n) is 12.1. The first-order chi connectivity index (χ1) is 21.6. The third-order valence-electron chi connectivity index (χ3n) is 7.16. The van der Waals surface area contributed by atoms with Crippen LogP contribution in [0.25, 0.3) is 21.8 Å². The maximum Gasteiger partial charge on any atom is 0.150 e. The van der Waals surface area contributed by atoms with Crippen LogP contribution in [0.1, 0.15) is 83.2 Å². The molecule has 4 heterocycles. The first-order valence-electron chi connectivity index (χ1n) is 15.8. The van der Waals surface area contributed by atoms with Gasteiger partial charge in [-0.05, 0) is 62.8 Å². The predicted molar refractivity (Wildman–Crippen MR) is 183 cm³/mol. The van der Waals surface area contributed by atoms with Crippen molar-refractivity contribution in [2.75, 3.05) is 13.2 Å². The highest BCUT2D eigenvalue weighted by molar-refractivity contribution is 9.10. The van der Waals surface area contributed by atoms with Crippen LogP contribution in [0, 0.1) is 34.9 Å². The van der Waals surface area contributed by atoms with E-state index in [9.17, 15) is 8.78 Å². The Labute approximate surface area is 275 Å². The van der Waals surface area contributed by atoms with Crippen molar-refractivity contribution >= 4 is 45.8 Å². The van der Waals surface area contributed by atoms with E-state index in [1.165, 1.54) is 12.1 Å². The van der Waals surface area contributed by atoms with Crippen molar-refractivity contribution in [3.8, 4) is 23.3 Å². The quantitative estimate of drug-likeness (QED) is 0.155. The zero-order chi connectivity index (χ0) is 32.4. The van der Waals surface area contributed by atoms with E-state index in [-0.39, 0.29) is 24.1 Å². The van der Waals surface area contributed by atoms with Gasteiger partial charge in [0.1, 0.15) is 30.7 Å². The first kappa shape index (κ1) is 34.8. The molecule has 10 heteroatoms. The Kier molecular flexibility index (Phi) is 12.8. The Bertz CT molecular complexity index is 1700. The molecule has 2 aliphatic rings. The SMILES string of the molecule is CCC#C[Si](C)(C)C.CCC#Cc1cc(F)c2c(cnn2C2CCCCO2)c1.Fc1cc(Br)cc2cnn(C3CCCCO3)c12. The van der Waals surface area contributed by atoms with Gasteiger partial charge in [-0.1, -0.05) is 61.3 Å². The highest BCUT2D eigenvalue weighted by Gasteiger charge is 2.22. The summed E-state index contributed by atoms with van der Waals surface area (Å²) in [5.74, 6) is 8.47. The van der Waals surface area contributed by atoms with Gasteiger partial charge >= 0.3 is 0 Å². The molecule has 45 heavy (non-hydrogen) atoms. The number of hydrogen-bond acceptors (Lipinski definition) is 4. The minimum absolute atomic E-state index is 0.128. The smallest absolute Gasteiger partial charge is 0.150 e. The number of benzene rings is 2. The second kappa shape index (κ2) is 16.5. The molecule has 4 aromatic rings. The molecule has 2 aromatic heterocycles. The van der Waals surface area contributed by atoms with Gasteiger partial charge in [-0.3, -0.25) is 0 Å². The minimum Gasteiger partial charge on any atom is -0.356 e. The number of fused-ring (bicyclic) bond motifs is 2. The predicted octanol–water partition coefficient (Wildman–Crippen LogP) is 9.55. The molecule has 2 atom stereocenters. The Balaban J connectivity index is 0.000000168. The molecule has 0 amide bonds. The van der Waals surface area contributed by atoms with Crippen molar-refractivity contribution < 1.29 is 18.3 Å². The van der Waals surface area contributed by atoms with E-state index in [1.807, 2.05) is 19.1 Å². The summed E-state index contributed by atoms with van der Waals surface area (Å²) in [6, 6.07) is 6.69. The van der Waals surface area contributed by atoms with Gasteiger partial charge in [0, 0.05) is 46.9 Å². The fourth-order valence-electron chi connectivity index (χ4n) is 5.14. The fourth-order valence-corrected chi connectivity index (χ4v) is 6.29. The third-order valence-corrected chi connectivity index (χ3v) is 8.54. The van der Waals surface area contributed by atoms with E-state index in [1.54, 1.807) is 21.8 Å². The van der Waals surface area contributed by atoms with Crippen molar-refractivity contribution in [2.24, 2.45) is 0 Å². The zero-order valence-electron chi connectivity index (χ0n) is 26.9. The third kappa shape index (κ3) is 9.73. The van der Waals surface area contributed by atoms with Crippen molar-refractivity contribution in [2.45, 2.75) is 97.3 Å². The largest absolute Gasteiger partial charge is 0.356 e. The molecule has 2 saturated heterocycles. The van der Waals surface area contributed by atoms with Crippen molar-refractivity contribution in [3.05, 3.63) is 58.3 Å². The molecule has 0 N–H and O–H groups in total. The molecule has 2 unspecified atom stereocenters. The number of nitrogens with zero attached hydrogens (tertiary/aromatic N) is 4. The summed E-state index contributed by atoms with van der Waals surface area (Å²) in [5, 5.41) is 10.1. The van der Waals surface area contributed by atoms with E-state index in [0.717, 1.165) is 73.2 Å². The molecule has 0 spiro atoms. The van der Waals surface area contributed by atoms with E-state index < -0.39 is 8.07 Å². The van der Waals surface area contributed by atoms with Gasteiger partial charge in [-0.2, -0.15) is 10.2 Å². The summed E-state index contributed by atoms with van der Waals surface area (Å²) >= 11 is 3.28. The summed E-state index contributed by atoms with van der Waals surface area (Å²) < 4.78 is 43.7. The van der Waals surface area contributed by atoms with Crippen LogP contribution in [0.4, 0.5) is 8.78 Å². The Morgan fingerprint density at radius 1 is 0.800 bits per heavy atom. The van der Waals surface area contributed by atoms with Crippen LogP contribution in [-0.4, -0.2) is 40.8 Å². The Hall–Kier alpha value is -3.02. The topological polar surface area (TPSA) is 54.1 Å². The van der Waals surface area contributed by atoms with Crippen LogP contribution in [0.15, 0.2) is 41.1 Å². The average molecular weight is 698 g/mol. The van der Waals surface area contributed by atoms with Crippen LogP contribution in [-0.2, 0) is 9.47 Å². The second-order valence-corrected chi connectivity index (χ2v) is 17.8. The van der Waals surface area contributed by atoms with Gasteiger partial charge in [0.25, 0.3) is 0 Å². The highest BCUT2D eigenvalue weighted by atomic mass is 79.9. The molecule has 240 valence electrons. The molecule has 6 rings (SSSR count). The number of rotatable bonds is 2. The minimum atomic E-state index is -1.04. The van der Waals surface area contributed by atoms with Gasteiger partial charge in [-0.15, -0.1) is 11.5 Å². The molecule has 0 saturated carbocycles. The summed E-state index contributed by atoms with van der Waals surface area (Å²) in [7, 11) is -1.04. The van der Waals surface area contributed by atoms with Crippen LogP contribution in [0.3, 0.4) is 0 Å². The van der Waals surface area contributed by atoms with Crippen LogP contribution in [0.5, 0.6) is 0 Å². The highest BCUT2D eigenvalue weighted by Crippen LogP contribution is 2.30. The van der Waals surface area contributed by atoms with Crippen LogP contribution >= 0.6 is 15.9 Å². The standard InChI is InChI=1S/C16H17FN2O.C12H12BrFN2O.C7H14Si/c1-2-3-6-12-9-13-11-18-19(16(13)14(17)10-12)15-7-4-5-8-20-15;13-9-5-8-7-15-16(12(8)10(14)6-9)11-3-1-2-4-17-11;1-5-6-7-8(2,3)4/h9-11,15H,2,4-5,7-8H2,1H3;5-7,11H,1-4H2;5H2,1-4H3. The lowest BCUT2D eigenvalue weighted by atomic mass is 10.1. The van der Waals surface area contributed by atoms with Crippen molar-refractivity contribution in [1.29, 1.82) is 0 Å².